The Morgan fingerprint density at radius 1 is 1.00 bits per heavy atom. The van der Waals surface area contributed by atoms with E-state index in [1.807, 2.05) is 0 Å². The average molecular weight is 421 g/mol. The second-order valence-corrected chi connectivity index (χ2v) is 5.13. The largest absolute Gasteiger partial charge is 0.595 e. The maximum Gasteiger partial charge on any atom is 0.421 e. The van der Waals surface area contributed by atoms with Gasteiger partial charge in [-0.05, 0) is 12.1 Å². The zero-order valence-corrected chi connectivity index (χ0v) is 12.5. The third-order valence-corrected chi connectivity index (χ3v) is 3.31. The zero-order chi connectivity index (χ0) is 20.7. The van der Waals surface area contributed by atoms with E-state index in [0.29, 0.717) is 12.1 Å². The fourth-order valence-corrected chi connectivity index (χ4v) is 2.06. The van der Waals surface area contributed by atoms with Gasteiger partial charge in [-0.2, -0.15) is 44.7 Å². The number of hydrogen-bond donors (Lipinski definition) is 3. The van der Waals surface area contributed by atoms with Gasteiger partial charge in [-0.3, -0.25) is 4.79 Å². The van der Waals surface area contributed by atoms with Crippen molar-refractivity contribution in [2.24, 2.45) is 5.41 Å². The van der Waals surface area contributed by atoms with Crippen molar-refractivity contribution in [1.82, 2.24) is 0 Å². The SMILES string of the molecule is O=C(Nc1ccc(Cl)cc1[NH+]([O-])O)C(C(F)(F)F)(C(F)(F)F)C(F)(F)F. The lowest BCUT2D eigenvalue weighted by molar-refractivity contribution is -0.990. The summed E-state index contributed by atoms with van der Waals surface area (Å²) in [7, 11) is 0. The molecule has 0 aliphatic carbocycles. The van der Waals surface area contributed by atoms with E-state index in [1.54, 1.807) is 0 Å². The number of carbonyl (C=O) groups is 1. The molecule has 148 valence electrons. The second kappa shape index (κ2) is 6.75. The Balaban J connectivity index is 3.60. The molecule has 5 nitrogen and oxygen atoms in total. The van der Waals surface area contributed by atoms with Crippen LogP contribution < -0.4 is 10.5 Å². The molecule has 3 N–H and O–H groups in total. The summed E-state index contributed by atoms with van der Waals surface area (Å²) in [6, 6.07) is 1.69. The Kier molecular flexibility index (Phi) is 5.78. The molecule has 1 unspecified atom stereocenters. The molecule has 0 spiro atoms. The minimum absolute atomic E-state index is 0.353. The summed E-state index contributed by atoms with van der Waals surface area (Å²) in [6.45, 7) is 0. The van der Waals surface area contributed by atoms with Crippen molar-refractivity contribution in [2.45, 2.75) is 18.5 Å². The molecule has 1 atom stereocenters. The Morgan fingerprint density at radius 2 is 1.42 bits per heavy atom. The molecular weight excluding hydrogens is 415 g/mol. The van der Waals surface area contributed by atoms with Crippen LogP contribution in [0.3, 0.4) is 0 Å². The summed E-state index contributed by atoms with van der Waals surface area (Å²) in [5.74, 6) is -3.56. The molecule has 15 heteroatoms. The molecule has 0 saturated heterocycles. The normalized spacial score (nSPS) is 14.9. The van der Waals surface area contributed by atoms with Gasteiger partial charge < -0.3 is 10.5 Å². The van der Waals surface area contributed by atoms with E-state index in [2.05, 4.69) is 0 Å². The van der Waals surface area contributed by atoms with Crippen molar-refractivity contribution in [3.05, 3.63) is 28.4 Å². The number of anilines is 1. The van der Waals surface area contributed by atoms with Crippen LogP contribution in [0, 0.1) is 10.6 Å². The number of halogens is 10. The van der Waals surface area contributed by atoms with E-state index >= 15 is 0 Å². The van der Waals surface area contributed by atoms with Crippen molar-refractivity contribution < 1.29 is 54.7 Å². The van der Waals surface area contributed by atoms with Crippen LogP contribution >= 0.6 is 11.6 Å². The molecule has 0 aliphatic rings. The molecule has 1 rings (SSSR count). The Labute approximate surface area is 142 Å². The van der Waals surface area contributed by atoms with Gasteiger partial charge in [0.25, 0.3) is 5.91 Å². The average Bonchev–Trinajstić information content (AvgIpc) is 2.35. The number of carbonyl (C=O) groups excluding carboxylic acids is 1. The third-order valence-electron chi connectivity index (χ3n) is 3.08. The van der Waals surface area contributed by atoms with Crippen LogP contribution in [0.1, 0.15) is 0 Å². The standard InChI is InChI=1S/C11H6ClF9N2O3/c12-4-1-2-5(6(3-4)23(25)26)22-7(24)8(9(13,14)15,10(16,17)18)11(19,20)21/h1-3,23,25H,(H,22,24). The highest BCUT2D eigenvalue weighted by atomic mass is 35.5. The first kappa shape index (κ1) is 22.3. The van der Waals surface area contributed by atoms with Crippen LogP contribution in [0.25, 0.3) is 0 Å². The summed E-state index contributed by atoms with van der Waals surface area (Å²) in [6.07, 6.45) is -21.4. The van der Waals surface area contributed by atoms with Gasteiger partial charge in [0.05, 0.1) is 0 Å². The molecular formula is C11H6ClF9N2O3. The number of nitrogens with one attached hydrogen (secondary N) is 2. The number of benzene rings is 1. The van der Waals surface area contributed by atoms with Crippen LogP contribution in [-0.4, -0.2) is 29.6 Å². The first-order valence-electron chi connectivity index (χ1n) is 6.01. The van der Waals surface area contributed by atoms with Crippen molar-refractivity contribution in [1.29, 1.82) is 0 Å². The van der Waals surface area contributed by atoms with Gasteiger partial charge in [-0.25, -0.2) is 5.21 Å². The number of amides is 1. The summed E-state index contributed by atoms with van der Waals surface area (Å²) in [5, 5.41) is 18.1. The molecule has 1 amide bonds. The number of alkyl halides is 9. The highest BCUT2D eigenvalue weighted by Crippen LogP contribution is 2.59. The summed E-state index contributed by atoms with van der Waals surface area (Å²) in [5.41, 5.74) is -9.14. The van der Waals surface area contributed by atoms with E-state index < -0.39 is 46.5 Å². The smallest absolute Gasteiger partial charge is 0.421 e. The van der Waals surface area contributed by atoms with Crippen molar-refractivity contribution >= 4 is 28.9 Å². The van der Waals surface area contributed by atoms with Gasteiger partial charge in [0.15, 0.2) is 5.69 Å². The second-order valence-electron chi connectivity index (χ2n) is 4.69. The minimum atomic E-state index is -7.12. The molecule has 0 heterocycles. The van der Waals surface area contributed by atoms with Gasteiger partial charge in [0.1, 0.15) is 5.69 Å². The number of rotatable bonds is 3. The van der Waals surface area contributed by atoms with Crippen LogP contribution in [0.5, 0.6) is 0 Å². The topological polar surface area (TPSA) is 76.8 Å². The lowest BCUT2D eigenvalue weighted by Crippen LogP contribution is -2.99. The highest BCUT2D eigenvalue weighted by Gasteiger charge is 2.88. The van der Waals surface area contributed by atoms with Gasteiger partial charge in [-0.15, -0.1) is 0 Å². The van der Waals surface area contributed by atoms with Crippen molar-refractivity contribution in [3.63, 3.8) is 0 Å². The monoisotopic (exact) mass is 420 g/mol. The molecule has 0 saturated carbocycles. The third kappa shape index (κ3) is 3.67. The fourth-order valence-electron chi connectivity index (χ4n) is 1.89. The Morgan fingerprint density at radius 3 is 1.77 bits per heavy atom. The van der Waals surface area contributed by atoms with E-state index in [4.69, 9.17) is 16.8 Å². The Hall–Kier alpha value is -1.77. The lowest BCUT2D eigenvalue weighted by atomic mass is 9.84. The van der Waals surface area contributed by atoms with Crippen molar-refractivity contribution in [2.75, 3.05) is 5.32 Å². The minimum Gasteiger partial charge on any atom is -0.595 e. The van der Waals surface area contributed by atoms with E-state index in [-0.39, 0.29) is 5.02 Å². The quantitative estimate of drug-likeness (QED) is 0.518. The molecule has 0 aliphatic heterocycles. The van der Waals surface area contributed by atoms with Gasteiger partial charge in [0.2, 0.25) is 0 Å². The molecule has 26 heavy (non-hydrogen) atoms. The Bertz CT molecular complexity index is 649. The maximum absolute atomic E-state index is 12.8. The summed E-state index contributed by atoms with van der Waals surface area (Å²) in [4.78, 5) is 11.5. The highest BCUT2D eigenvalue weighted by molar-refractivity contribution is 6.31. The van der Waals surface area contributed by atoms with Crippen LogP contribution in [0.2, 0.25) is 5.02 Å². The zero-order valence-electron chi connectivity index (χ0n) is 11.8. The summed E-state index contributed by atoms with van der Waals surface area (Å²) < 4.78 is 115. The fraction of sp³-hybridized carbons (Fsp3) is 0.364. The van der Waals surface area contributed by atoms with Gasteiger partial charge in [0, 0.05) is 11.1 Å². The van der Waals surface area contributed by atoms with E-state index in [9.17, 15) is 49.5 Å². The van der Waals surface area contributed by atoms with Crippen LogP contribution in [-0.2, 0) is 4.79 Å². The molecule has 0 fully saturated rings. The molecule has 1 aromatic rings. The molecule has 0 bridgehead atoms. The molecule has 0 aromatic heterocycles. The maximum atomic E-state index is 12.8. The summed E-state index contributed by atoms with van der Waals surface area (Å²) >= 11 is 5.39. The molecule has 0 radical (unpaired) electrons. The predicted octanol–water partition coefficient (Wildman–Crippen LogP) is 3.36. The van der Waals surface area contributed by atoms with Crippen LogP contribution in [0.15, 0.2) is 18.2 Å². The van der Waals surface area contributed by atoms with E-state index in [0.717, 1.165) is 11.4 Å². The first-order chi connectivity index (χ1) is 11.5. The van der Waals surface area contributed by atoms with Gasteiger partial charge >= 0.3 is 23.9 Å². The lowest BCUT2D eigenvalue weighted by Gasteiger charge is -2.37. The predicted molar refractivity (Wildman–Crippen MR) is 66.5 cm³/mol. The first-order valence-corrected chi connectivity index (χ1v) is 6.39. The van der Waals surface area contributed by atoms with Gasteiger partial charge in [-0.1, -0.05) is 11.6 Å². The molecule has 1 aromatic carbocycles. The van der Waals surface area contributed by atoms with Crippen LogP contribution in [0.4, 0.5) is 50.9 Å². The van der Waals surface area contributed by atoms with Crippen molar-refractivity contribution in [3.8, 4) is 0 Å². The number of hydrogen-bond acceptors (Lipinski definition) is 3. The van der Waals surface area contributed by atoms with E-state index in [1.165, 1.54) is 0 Å². The number of quaternary nitrogens is 1.